The minimum absolute atomic E-state index is 0.290. The normalized spacial score (nSPS) is 17.4. The molecule has 2 aliphatic rings. The molecule has 1 saturated heterocycles. The molecule has 31 heavy (non-hydrogen) atoms. The van der Waals surface area contributed by atoms with Crippen molar-refractivity contribution in [3.63, 3.8) is 0 Å². The van der Waals surface area contributed by atoms with Crippen molar-refractivity contribution in [3.8, 4) is 0 Å². The highest BCUT2D eigenvalue weighted by molar-refractivity contribution is 7.89. The first-order chi connectivity index (χ1) is 14.7. The third-order valence-corrected chi connectivity index (χ3v) is 7.22. The average molecular weight is 462 g/mol. The number of nitrogens with zero attached hydrogens (tertiary/aromatic N) is 3. The van der Waals surface area contributed by atoms with Crippen molar-refractivity contribution in [2.75, 3.05) is 31.1 Å². The van der Waals surface area contributed by atoms with Gasteiger partial charge >= 0.3 is 0 Å². The van der Waals surface area contributed by atoms with E-state index in [0.717, 1.165) is 36.2 Å². The Balaban J connectivity index is 1.64. The van der Waals surface area contributed by atoms with Crippen LogP contribution in [0.5, 0.6) is 0 Å². The number of sulfonamides is 1. The van der Waals surface area contributed by atoms with Crippen molar-refractivity contribution < 1.29 is 30.4 Å². The van der Waals surface area contributed by atoms with E-state index in [1.807, 2.05) is 0 Å². The maximum absolute atomic E-state index is 14.2. The van der Waals surface area contributed by atoms with Gasteiger partial charge in [0.2, 0.25) is 15.8 Å². The van der Waals surface area contributed by atoms with Crippen LogP contribution in [-0.2, 0) is 16.6 Å². The molecule has 0 radical (unpaired) electrons. The lowest BCUT2D eigenvalue weighted by Crippen LogP contribution is -2.43. The second-order valence-corrected chi connectivity index (χ2v) is 9.25. The van der Waals surface area contributed by atoms with Crippen molar-refractivity contribution in [2.24, 2.45) is 0 Å². The van der Waals surface area contributed by atoms with E-state index in [9.17, 15) is 30.4 Å². The molecule has 168 valence electrons. The van der Waals surface area contributed by atoms with Crippen LogP contribution in [0.4, 0.5) is 27.6 Å². The fraction of sp³-hybridized carbons (Fsp3) is 0.421. The van der Waals surface area contributed by atoms with Crippen molar-refractivity contribution in [2.45, 2.75) is 30.3 Å². The van der Waals surface area contributed by atoms with Gasteiger partial charge in [0, 0.05) is 32.2 Å². The maximum atomic E-state index is 14.2. The molecule has 1 aromatic heterocycles. The van der Waals surface area contributed by atoms with Crippen molar-refractivity contribution >= 4 is 15.7 Å². The van der Waals surface area contributed by atoms with Crippen LogP contribution in [0.2, 0.25) is 0 Å². The lowest BCUT2D eigenvalue weighted by molar-refractivity contribution is 0.345. The van der Waals surface area contributed by atoms with E-state index in [0.29, 0.717) is 18.5 Å². The minimum Gasteiger partial charge on any atom is -0.368 e. The molecule has 0 amide bonds. The van der Waals surface area contributed by atoms with Crippen molar-refractivity contribution in [1.29, 1.82) is 0 Å². The molecule has 0 atom stereocenters. The van der Waals surface area contributed by atoms with Gasteiger partial charge in [-0.15, -0.1) is 0 Å². The Labute approximate surface area is 175 Å². The van der Waals surface area contributed by atoms with Gasteiger partial charge in [-0.05, 0) is 25.0 Å². The summed E-state index contributed by atoms with van der Waals surface area (Å²) in [6.45, 7) is 2.84. The maximum Gasteiger partial charge on any atom is 0.249 e. The van der Waals surface area contributed by atoms with Crippen molar-refractivity contribution in [3.05, 3.63) is 53.1 Å². The Morgan fingerprint density at radius 3 is 2.06 bits per heavy atom. The van der Waals surface area contributed by atoms with Crippen molar-refractivity contribution in [1.82, 2.24) is 14.6 Å². The highest BCUT2D eigenvalue weighted by atomic mass is 32.2. The third kappa shape index (κ3) is 4.11. The summed E-state index contributed by atoms with van der Waals surface area (Å²) in [5, 5.41) is 3.22. The molecule has 2 aromatic rings. The van der Waals surface area contributed by atoms with Gasteiger partial charge < -0.3 is 10.2 Å². The van der Waals surface area contributed by atoms with Crippen LogP contribution >= 0.6 is 0 Å². The monoisotopic (exact) mass is 462 g/mol. The van der Waals surface area contributed by atoms with E-state index in [4.69, 9.17) is 0 Å². The van der Waals surface area contributed by atoms with Gasteiger partial charge in [0.15, 0.2) is 28.2 Å². The van der Waals surface area contributed by atoms with Crippen LogP contribution < -0.4 is 10.2 Å². The van der Waals surface area contributed by atoms with Crippen LogP contribution in [0.15, 0.2) is 23.2 Å². The van der Waals surface area contributed by atoms with Gasteiger partial charge in [-0.1, -0.05) is 0 Å². The van der Waals surface area contributed by atoms with Crippen LogP contribution in [0, 0.1) is 29.1 Å². The van der Waals surface area contributed by atoms with E-state index in [2.05, 4.69) is 15.2 Å². The summed E-state index contributed by atoms with van der Waals surface area (Å²) >= 11 is 0. The predicted molar refractivity (Wildman–Crippen MR) is 101 cm³/mol. The second-order valence-electron chi connectivity index (χ2n) is 7.43. The Kier molecular flexibility index (Phi) is 5.88. The number of hydrogen-bond donors (Lipinski definition) is 1. The van der Waals surface area contributed by atoms with Crippen LogP contribution in [0.25, 0.3) is 0 Å². The molecule has 1 saturated carbocycles. The molecule has 0 bridgehead atoms. The minimum atomic E-state index is -5.01. The summed E-state index contributed by atoms with van der Waals surface area (Å²) in [6.07, 6.45) is 2.39. The Morgan fingerprint density at radius 2 is 1.55 bits per heavy atom. The number of halogens is 5. The first kappa shape index (κ1) is 21.9. The van der Waals surface area contributed by atoms with Gasteiger partial charge in [0.1, 0.15) is 0 Å². The van der Waals surface area contributed by atoms with Gasteiger partial charge in [0.05, 0.1) is 24.1 Å². The summed E-state index contributed by atoms with van der Waals surface area (Å²) in [5.74, 6) is -11.7. The molecule has 2 heterocycles. The van der Waals surface area contributed by atoms with E-state index < -0.39 is 50.0 Å². The zero-order chi connectivity index (χ0) is 22.3. The average Bonchev–Trinajstić information content (AvgIpc) is 3.60. The molecule has 1 aromatic carbocycles. The molecule has 1 aliphatic heterocycles. The number of piperazine rings is 1. The highest BCUT2D eigenvalue weighted by Crippen LogP contribution is 2.36. The molecule has 0 unspecified atom stereocenters. The molecule has 6 nitrogen and oxygen atoms in total. The lowest BCUT2D eigenvalue weighted by atomic mass is 10.2. The van der Waals surface area contributed by atoms with Crippen LogP contribution in [0.3, 0.4) is 0 Å². The molecule has 1 N–H and O–H groups in total. The number of pyridine rings is 1. The molecular weight excluding hydrogens is 443 g/mol. The summed E-state index contributed by atoms with van der Waals surface area (Å²) in [4.78, 5) is 4.50. The number of anilines is 1. The Morgan fingerprint density at radius 1 is 0.968 bits per heavy atom. The number of nitrogens with one attached hydrogen (secondary N) is 1. The number of rotatable bonds is 6. The third-order valence-electron chi connectivity index (χ3n) is 5.30. The summed E-state index contributed by atoms with van der Waals surface area (Å²) < 4.78 is 95.5. The number of hydrogen-bond acceptors (Lipinski definition) is 5. The number of aromatic nitrogens is 1. The molecule has 4 rings (SSSR count). The molecule has 1 aliphatic carbocycles. The quantitative estimate of drug-likeness (QED) is 0.406. The largest absolute Gasteiger partial charge is 0.368 e. The topological polar surface area (TPSA) is 65.5 Å². The second kappa shape index (κ2) is 8.32. The molecule has 0 spiro atoms. The summed E-state index contributed by atoms with van der Waals surface area (Å²) in [7, 11) is -5.01. The van der Waals surface area contributed by atoms with E-state index in [1.165, 1.54) is 0 Å². The fourth-order valence-electron chi connectivity index (χ4n) is 3.48. The van der Waals surface area contributed by atoms with E-state index in [1.54, 1.807) is 18.3 Å². The Hall–Kier alpha value is -2.31. The Bertz CT molecular complexity index is 1060. The van der Waals surface area contributed by atoms with Crippen LogP contribution in [-0.4, -0.2) is 49.9 Å². The predicted octanol–water partition coefficient (Wildman–Crippen LogP) is 2.54. The van der Waals surface area contributed by atoms with E-state index in [-0.39, 0.29) is 6.54 Å². The number of benzene rings is 1. The summed E-state index contributed by atoms with van der Waals surface area (Å²) in [5.41, 5.74) is 1.13. The van der Waals surface area contributed by atoms with Gasteiger partial charge in [-0.25, -0.2) is 30.4 Å². The van der Waals surface area contributed by atoms with Gasteiger partial charge in [-0.3, -0.25) is 4.98 Å². The fourth-order valence-corrected chi connectivity index (χ4v) is 5.25. The van der Waals surface area contributed by atoms with Gasteiger partial charge in [0.25, 0.3) is 0 Å². The smallest absolute Gasteiger partial charge is 0.249 e. The first-order valence-corrected chi connectivity index (χ1v) is 11.1. The lowest BCUT2D eigenvalue weighted by Gasteiger charge is -2.29. The van der Waals surface area contributed by atoms with E-state index >= 15 is 0 Å². The molecular formula is C19H19F5N4O2S. The summed E-state index contributed by atoms with van der Waals surface area (Å²) in [6, 6.07) is 2.74. The standard InChI is InChI=1S/C19H19F5N4O2S/c20-14-15(21)17(23)19(18(24)16(14)22)31(29,30)28(12-3-4-12)10-11-1-2-13(9-26-11)27-7-5-25-6-8-27/h1-2,9,12,25H,3-8,10H2. The molecule has 2 fully saturated rings. The molecule has 12 heteroatoms. The zero-order valence-corrected chi connectivity index (χ0v) is 17.0. The first-order valence-electron chi connectivity index (χ1n) is 9.65. The van der Waals surface area contributed by atoms with Crippen LogP contribution in [0.1, 0.15) is 18.5 Å². The highest BCUT2D eigenvalue weighted by Gasteiger charge is 2.43. The SMILES string of the molecule is O=S(=O)(c1c(F)c(F)c(F)c(F)c1F)N(Cc1ccc(N2CCNCC2)cn1)C1CC1. The zero-order valence-electron chi connectivity index (χ0n) is 16.2. The van der Waals surface area contributed by atoms with Gasteiger partial charge in [-0.2, -0.15) is 4.31 Å².